The zero-order valence-corrected chi connectivity index (χ0v) is 7.63. The first-order valence-corrected chi connectivity index (χ1v) is 4.38. The van der Waals surface area contributed by atoms with E-state index in [9.17, 15) is 0 Å². The smallest absolute Gasteiger partial charge is 0.135 e. The van der Waals surface area contributed by atoms with Crippen molar-refractivity contribution in [3.05, 3.63) is 11.6 Å². The predicted octanol–water partition coefficient (Wildman–Crippen LogP) is 1.03. The number of hydrogen-bond acceptors (Lipinski definition) is 4. The molecule has 0 saturated carbocycles. The molecule has 0 amide bonds. The van der Waals surface area contributed by atoms with Crippen LogP contribution in [0, 0.1) is 0 Å². The van der Waals surface area contributed by atoms with E-state index >= 15 is 0 Å². The normalized spacial score (nSPS) is 14.5. The van der Waals surface area contributed by atoms with Crippen LogP contribution in [0.15, 0.2) is 6.07 Å². The number of rotatable bonds is 1. The first kappa shape index (κ1) is 8.16. The third-order valence-corrected chi connectivity index (χ3v) is 2.22. The quantitative estimate of drug-likeness (QED) is 0.676. The van der Waals surface area contributed by atoms with Gasteiger partial charge in [-0.2, -0.15) is 0 Å². The van der Waals surface area contributed by atoms with Crippen LogP contribution in [0.4, 0.5) is 11.6 Å². The summed E-state index contributed by atoms with van der Waals surface area (Å²) in [5.74, 6) is 2.22. The summed E-state index contributed by atoms with van der Waals surface area (Å²) < 4.78 is 5.23. The molecule has 0 radical (unpaired) electrons. The number of anilines is 2. The Hall–Kier alpha value is -1.45. The fourth-order valence-electron chi connectivity index (χ4n) is 1.61. The van der Waals surface area contributed by atoms with E-state index in [1.165, 1.54) is 0 Å². The number of pyridine rings is 1. The second kappa shape index (κ2) is 3.12. The summed E-state index contributed by atoms with van der Waals surface area (Å²) in [6, 6.07) is 1.77. The number of nitrogen functional groups attached to an aromatic ring is 1. The maximum atomic E-state index is 5.63. The zero-order valence-electron chi connectivity index (χ0n) is 7.63. The van der Waals surface area contributed by atoms with Crippen molar-refractivity contribution in [2.75, 3.05) is 24.7 Å². The molecule has 70 valence electrons. The van der Waals surface area contributed by atoms with Crippen LogP contribution >= 0.6 is 0 Å². The van der Waals surface area contributed by atoms with Crippen molar-refractivity contribution in [1.82, 2.24) is 4.98 Å². The third kappa shape index (κ3) is 1.39. The van der Waals surface area contributed by atoms with Crippen molar-refractivity contribution in [1.29, 1.82) is 0 Å². The van der Waals surface area contributed by atoms with E-state index in [4.69, 9.17) is 10.5 Å². The minimum Gasteiger partial charge on any atom is -0.496 e. The number of aromatic nitrogens is 1. The lowest BCUT2D eigenvalue weighted by atomic mass is 10.1. The maximum absolute atomic E-state index is 5.63. The summed E-state index contributed by atoms with van der Waals surface area (Å²) in [6.07, 6.45) is 2.13. The monoisotopic (exact) mass is 179 g/mol. The summed E-state index contributed by atoms with van der Waals surface area (Å²) in [6.45, 7) is 0.965. The molecule has 1 aromatic rings. The highest BCUT2D eigenvalue weighted by atomic mass is 16.5. The Morgan fingerprint density at radius 1 is 1.62 bits per heavy atom. The molecular weight excluding hydrogens is 166 g/mol. The van der Waals surface area contributed by atoms with Crippen LogP contribution in [0.1, 0.15) is 12.0 Å². The van der Waals surface area contributed by atoms with Crippen LogP contribution in [0.2, 0.25) is 0 Å². The van der Waals surface area contributed by atoms with Crippen molar-refractivity contribution in [3.8, 4) is 5.75 Å². The summed E-state index contributed by atoms with van der Waals surface area (Å²) in [4.78, 5) is 4.21. The molecule has 0 aromatic carbocycles. The molecule has 0 spiro atoms. The Balaban J connectivity index is 2.50. The van der Waals surface area contributed by atoms with E-state index in [0.717, 1.165) is 36.5 Å². The molecule has 1 aromatic heterocycles. The van der Waals surface area contributed by atoms with Gasteiger partial charge in [0.05, 0.1) is 7.11 Å². The average Bonchev–Trinajstić information content (AvgIpc) is 2.16. The van der Waals surface area contributed by atoms with Crippen molar-refractivity contribution < 1.29 is 4.74 Å². The van der Waals surface area contributed by atoms with E-state index in [2.05, 4.69) is 10.3 Å². The minimum absolute atomic E-state index is 0.505. The largest absolute Gasteiger partial charge is 0.496 e. The molecule has 13 heavy (non-hydrogen) atoms. The van der Waals surface area contributed by atoms with Gasteiger partial charge in [0.1, 0.15) is 17.4 Å². The Morgan fingerprint density at radius 2 is 2.46 bits per heavy atom. The first-order chi connectivity index (χ1) is 6.31. The Bertz CT molecular complexity index is 308. The fourth-order valence-corrected chi connectivity index (χ4v) is 1.61. The van der Waals surface area contributed by atoms with Crippen molar-refractivity contribution in [2.24, 2.45) is 0 Å². The molecule has 0 aliphatic carbocycles. The van der Waals surface area contributed by atoms with Crippen molar-refractivity contribution in [3.63, 3.8) is 0 Å². The predicted molar refractivity (Wildman–Crippen MR) is 52.0 cm³/mol. The number of fused-ring (bicyclic) bond motifs is 1. The second-order valence-corrected chi connectivity index (χ2v) is 3.11. The van der Waals surface area contributed by atoms with Gasteiger partial charge in [-0.15, -0.1) is 0 Å². The van der Waals surface area contributed by atoms with Crippen molar-refractivity contribution in [2.45, 2.75) is 12.8 Å². The molecule has 1 aliphatic rings. The molecule has 4 heteroatoms. The third-order valence-electron chi connectivity index (χ3n) is 2.22. The summed E-state index contributed by atoms with van der Waals surface area (Å²) in [5, 5.41) is 3.21. The van der Waals surface area contributed by atoms with Crippen LogP contribution in [-0.2, 0) is 6.42 Å². The van der Waals surface area contributed by atoms with E-state index in [1.807, 2.05) is 0 Å². The Kier molecular flexibility index (Phi) is 1.96. The van der Waals surface area contributed by atoms with Crippen molar-refractivity contribution >= 4 is 11.6 Å². The zero-order chi connectivity index (χ0) is 9.26. The van der Waals surface area contributed by atoms with Gasteiger partial charge >= 0.3 is 0 Å². The standard InChI is InChI=1S/C9H13N3O/c1-13-7-5-8(10)12-9-6(7)3-2-4-11-9/h5H,2-4H2,1H3,(H3,10,11,12). The number of nitrogens with zero attached hydrogens (tertiary/aromatic N) is 1. The van der Waals surface area contributed by atoms with E-state index in [1.54, 1.807) is 13.2 Å². The number of nitrogens with one attached hydrogen (secondary N) is 1. The van der Waals surface area contributed by atoms with Crippen LogP contribution < -0.4 is 15.8 Å². The molecule has 2 heterocycles. The number of nitrogens with two attached hydrogens (primary N) is 1. The Labute approximate surface area is 77.1 Å². The summed E-state index contributed by atoms with van der Waals surface area (Å²) in [7, 11) is 1.66. The van der Waals surface area contributed by atoms with Gasteiger partial charge in [-0.1, -0.05) is 0 Å². The van der Waals surface area contributed by atoms with Gasteiger partial charge in [-0.3, -0.25) is 0 Å². The molecule has 0 saturated heterocycles. The van der Waals surface area contributed by atoms with Crippen LogP contribution in [0.5, 0.6) is 5.75 Å². The molecule has 0 unspecified atom stereocenters. The van der Waals surface area contributed by atoms with Gasteiger partial charge in [0.25, 0.3) is 0 Å². The van der Waals surface area contributed by atoms with Gasteiger partial charge in [0.2, 0.25) is 0 Å². The van der Waals surface area contributed by atoms with E-state index in [0.29, 0.717) is 5.82 Å². The van der Waals surface area contributed by atoms with Crippen LogP contribution in [0.25, 0.3) is 0 Å². The molecule has 0 bridgehead atoms. The second-order valence-electron chi connectivity index (χ2n) is 3.11. The lowest BCUT2D eigenvalue weighted by molar-refractivity contribution is 0.408. The van der Waals surface area contributed by atoms with E-state index in [-0.39, 0.29) is 0 Å². The topological polar surface area (TPSA) is 60.2 Å². The average molecular weight is 179 g/mol. The summed E-state index contributed by atoms with van der Waals surface area (Å²) in [5.41, 5.74) is 6.77. The fraction of sp³-hybridized carbons (Fsp3) is 0.444. The molecule has 0 fully saturated rings. The SMILES string of the molecule is COc1cc(N)nc2c1CCCN2. The Morgan fingerprint density at radius 3 is 3.23 bits per heavy atom. The van der Waals surface area contributed by atoms with Gasteiger partial charge in [0.15, 0.2) is 0 Å². The molecule has 0 atom stereocenters. The molecule has 2 rings (SSSR count). The molecule has 1 aliphatic heterocycles. The minimum atomic E-state index is 0.505. The van der Waals surface area contributed by atoms with Gasteiger partial charge < -0.3 is 15.8 Å². The van der Waals surface area contributed by atoms with Crippen LogP contribution in [0.3, 0.4) is 0 Å². The van der Waals surface area contributed by atoms with Gasteiger partial charge in [-0.05, 0) is 12.8 Å². The summed E-state index contributed by atoms with van der Waals surface area (Å²) >= 11 is 0. The molecule has 4 nitrogen and oxygen atoms in total. The highest BCUT2D eigenvalue weighted by Crippen LogP contribution is 2.30. The lowest BCUT2D eigenvalue weighted by Crippen LogP contribution is -2.15. The lowest BCUT2D eigenvalue weighted by Gasteiger charge is -2.19. The maximum Gasteiger partial charge on any atom is 0.135 e. The van der Waals surface area contributed by atoms with E-state index < -0.39 is 0 Å². The molecule has 3 N–H and O–H groups in total. The van der Waals surface area contributed by atoms with Gasteiger partial charge in [0, 0.05) is 18.2 Å². The highest BCUT2D eigenvalue weighted by Gasteiger charge is 2.15. The van der Waals surface area contributed by atoms with Gasteiger partial charge in [-0.25, -0.2) is 4.98 Å². The number of hydrogen-bond donors (Lipinski definition) is 2. The number of ether oxygens (including phenoxy) is 1. The number of methoxy groups -OCH3 is 1. The molecular formula is C9H13N3O. The first-order valence-electron chi connectivity index (χ1n) is 4.38. The van der Waals surface area contributed by atoms with Crippen LogP contribution in [-0.4, -0.2) is 18.6 Å². The highest BCUT2D eigenvalue weighted by molar-refractivity contribution is 5.58.